The van der Waals surface area contributed by atoms with Crippen molar-refractivity contribution in [2.75, 3.05) is 0 Å². The molecule has 0 atom stereocenters. The molecule has 118 valence electrons. The smallest absolute Gasteiger partial charge is 0.164 e. The molecule has 23 heavy (non-hydrogen) atoms. The standard InChI is InChI=1S/C17H20N6/c1-4-14(11-20-17(6-7-18)9-12(2)10-17)16-19-8-5-15-21-13(3)22-23(15)16/h4-5,8,11-12,20H,1,6,9-10H2,2-3H3/b14-11+. The van der Waals surface area contributed by atoms with Gasteiger partial charge in [-0.25, -0.2) is 9.97 Å². The second kappa shape index (κ2) is 5.84. The summed E-state index contributed by atoms with van der Waals surface area (Å²) in [6, 6.07) is 4.11. The van der Waals surface area contributed by atoms with E-state index in [1.165, 1.54) is 0 Å². The maximum Gasteiger partial charge on any atom is 0.164 e. The topological polar surface area (TPSA) is 78.9 Å². The van der Waals surface area contributed by atoms with Crippen LogP contribution in [0.5, 0.6) is 0 Å². The summed E-state index contributed by atoms with van der Waals surface area (Å²) in [7, 11) is 0. The van der Waals surface area contributed by atoms with E-state index in [0.717, 1.165) is 24.1 Å². The lowest BCUT2D eigenvalue weighted by Crippen LogP contribution is -2.52. The molecule has 6 heteroatoms. The maximum atomic E-state index is 9.07. The molecule has 0 saturated heterocycles. The van der Waals surface area contributed by atoms with Crippen LogP contribution in [0.25, 0.3) is 11.2 Å². The number of allylic oxidation sites excluding steroid dienone is 2. The lowest BCUT2D eigenvalue weighted by Gasteiger charge is -2.45. The Labute approximate surface area is 135 Å². The Morgan fingerprint density at radius 1 is 1.61 bits per heavy atom. The molecule has 2 heterocycles. The third-order valence-corrected chi connectivity index (χ3v) is 4.27. The number of nitrogens with one attached hydrogen (secondary N) is 1. The number of aryl methyl sites for hydroxylation is 1. The van der Waals surface area contributed by atoms with Gasteiger partial charge in [0, 0.05) is 24.0 Å². The Morgan fingerprint density at radius 3 is 3.04 bits per heavy atom. The fraction of sp³-hybridized carbons (Fsp3) is 0.412. The second-order valence-electron chi connectivity index (χ2n) is 6.27. The van der Waals surface area contributed by atoms with E-state index in [1.54, 1.807) is 16.8 Å². The number of nitriles is 1. The minimum absolute atomic E-state index is 0.130. The first-order valence-electron chi connectivity index (χ1n) is 7.73. The first kappa shape index (κ1) is 15.2. The highest BCUT2D eigenvalue weighted by Gasteiger charge is 2.41. The van der Waals surface area contributed by atoms with Gasteiger partial charge in [0.1, 0.15) is 5.82 Å². The molecule has 0 bridgehead atoms. The van der Waals surface area contributed by atoms with Crippen LogP contribution in [0.4, 0.5) is 0 Å². The first-order valence-corrected chi connectivity index (χ1v) is 7.73. The Bertz CT molecular complexity index is 804. The van der Waals surface area contributed by atoms with Gasteiger partial charge in [0.2, 0.25) is 0 Å². The number of aromatic nitrogens is 4. The summed E-state index contributed by atoms with van der Waals surface area (Å²) in [5, 5.41) is 16.9. The molecular formula is C17H20N6. The van der Waals surface area contributed by atoms with Gasteiger partial charge in [0.15, 0.2) is 11.5 Å². The summed E-state index contributed by atoms with van der Waals surface area (Å²) in [5.41, 5.74) is 1.45. The van der Waals surface area contributed by atoms with Gasteiger partial charge in [-0.05, 0) is 25.7 Å². The van der Waals surface area contributed by atoms with Crippen molar-refractivity contribution in [3.8, 4) is 6.07 Å². The van der Waals surface area contributed by atoms with Crippen molar-refractivity contribution in [2.45, 2.75) is 38.6 Å². The van der Waals surface area contributed by atoms with Gasteiger partial charge < -0.3 is 5.32 Å². The molecule has 0 aromatic carbocycles. The summed E-state index contributed by atoms with van der Waals surface area (Å²) in [6.07, 6.45) is 7.86. The summed E-state index contributed by atoms with van der Waals surface area (Å²) < 4.78 is 1.71. The highest BCUT2D eigenvalue weighted by molar-refractivity contribution is 5.70. The van der Waals surface area contributed by atoms with Gasteiger partial charge in [0.05, 0.1) is 18.0 Å². The Kier molecular flexibility index (Phi) is 3.87. The van der Waals surface area contributed by atoms with E-state index in [4.69, 9.17) is 5.26 Å². The van der Waals surface area contributed by atoms with Crippen LogP contribution in [-0.4, -0.2) is 25.1 Å². The molecule has 0 unspecified atom stereocenters. The largest absolute Gasteiger partial charge is 0.384 e. The maximum absolute atomic E-state index is 9.07. The average molecular weight is 308 g/mol. The van der Waals surface area contributed by atoms with E-state index in [0.29, 0.717) is 24.0 Å². The van der Waals surface area contributed by atoms with Crippen molar-refractivity contribution in [3.63, 3.8) is 0 Å². The zero-order valence-corrected chi connectivity index (χ0v) is 13.5. The average Bonchev–Trinajstić information content (AvgIpc) is 2.87. The molecule has 0 aliphatic heterocycles. The van der Waals surface area contributed by atoms with Gasteiger partial charge >= 0.3 is 0 Å². The van der Waals surface area contributed by atoms with Gasteiger partial charge in [-0.1, -0.05) is 19.6 Å². The summed E-state index contributed by atoms with van der Waals surface area (Å²) >= 11 is 0. The van der Waals surface area contributed by atoms with Crippen LogP contribution in [0.15, 0.2) is 31.1 Å². The van der Waals surface area contributed by atoms with E-state index >= 15 is 0 Å². The fourth-order valence-electron chi connectivity index (χ4n) is 3.31. The molecule has 3 rings (SSSR count). The van der Waals surface area contributed by atoms with Crippen molar-refractivity contribution in [1.82, 2.24) is 24.9 Å². The normalized spacial score (nSPS) is 24.0. The Hall–Kier alpha value is -2.68. The highest BCUT2D eigenvalue weighted by atomic mass is 15.3. The van der Waals surface area contributed by atoms with Crippen LogP contribution in [0.2, 0.25) is 0 Å². The molecule has 6 nitrogen and oxygen atoms in total. The van der Waals surface area contributed by atoms with Crippen molar-refractivity contribution < 1.29 is 0 Å². The Morgan fingerprint density at radius 2 is 2.39 bits per heavy atom. The molecule has 0 amide bonds. The lowest BCUT2D eigenvalue weighted by atomic mass is 9.67. The van der Waals surface area contributed by atoms with E-state index in [9.17, 15) is 0 Å². The van der Waals surface area contributed by atoms with Gasteiger partial charge in [0.25, 0.3) is 0 Å². The molecule has 1 aliphatic carbocycles. The van der Waals surface area contributed by atoms with Crippen molar-refractivity contribution >= 4 is 11.2 Å². The SMILES string of the molecule is C=C/C(=C\NC1(CC#N)CC(C)C1)c1nccc2nc(C)nn12. The molecule has 1 fully saturated rings. The highest BCUT2D eigenvalue weighted by Crippen LogP contribution is 2.40. The third kappa shape index (κ3) is 2.82. The van der Waals surface area contributed by atoms with Crippen molar-refractivity contribution in [3.05, 3.63) is 42.8 Å². The van der Waals surface area contributed by atoms with Crippen LogP contribution >= 0.6 is 0 Å². The number of fused-ring (bicyclic) bond motifs is 1. The predicted molar refractivity (Wildman–Crippen MR) is 88.2 cm³/mol. The van der Waals surface area contributed by atoms with E-state index in [2.05, 4.69) is 40.0 Å². The monoisotopic (exact) mass is 308 g/mol. The number of hydrogen-bond acceptors (Lipinski definition) is 5. The summed E-state index contributed by atoms with van der Waals surface area (Å²) in [5.74, 6) is 2.03. The summed E-state index contributed by atoms with van der Waals surface area (Å²) in [4.78, 5) is 8.77. The molecule has 0 spiro atoms. The molecule has 2 aromatic rings. The van der Waals surface area contributed by atoms with Gasteiger partial charge in [-0.3, -0.25) is 0 Å². The molecule has 2 aromatic heterocycles. The second-order valence-corrected chi connectivity index (χ2v) is 6.27. The molecule has 0 radical (unpaired) electrons. The molecular weight excluding hydrogens is 288 g/mol. The number of nitrogens with zero attached hydrogens (tertiary/aromatic N) is 5. The van der Waals surface area contributed by atoms with Crippen LogP contribution in [0.3, 0.4) is 0 Å². The van der Waals surface area contributed by atoms with Gasteiger partial charge in [-0.15, -0.1) is 5.10 Å². The predicted octanol–water partition coefficient (Wildman–Crippen LogP) is 2.63. The zero-order chi connectivity index (χ0) is 16.4. The minimum atomic E-state index is -0.130. The van der Waals surface area contributed by atoms with Crippen LogP contribution in [0, 0.1) is 24.2 Å². The summed E-state index contributed by atoms with van der Waals surface area (Å²) in [6.45, 7) is 7.94. The van der Waals surface area contributed by atoms with Crippen LogP contribution < -0.4 is 5.32 Å². The quantitative estimate of drug-likeness (QED) is 0.859. The minimum Gasteiger partial charge on any atom is -0.384 e. The zero-order valence-electron chi connectivity index (χ0n) is 13.5. The fourth-order valence-corrected chi connectivity index (χ4v) is 3.31. The molecule has 1 aliphatic rings. The Balaban J connectivity index is 1.92. The van der Waals surface area contributed by atoms with Crippen LogP contribution in [0.1, 0.15) is 37.8 Å². The third-order valence-electron chi connectivity index (χ3n) is 4.27. The molecule has 1 N–H and O–H groups in total. The van der Waals surface area contributed by atoms with E-state index in [1.807, 2.05) is 19.2 Å². The van der Waals surface area contributed by atoms with Crippen molar-refractivity contribution in [1.29, 1.82) is 5.26 Å². The van der Waals surface area contributed by atoms with Crippen molar-refractivity contribution in [2.24, 2.45) is 5.92 Å². The number of hydrogen-bond donors (Lipinski definition) is 1. The van der Waals surface area contributed by atoms with Gasteiger partial charge in [-0.2, -0.15) is 9.78 Å². The molecule has 1 saturated carbocycles. The lowest BCUT2D eigenvalue weighted by molar-refractivity contribution is 0.137. The van der Waals surface area contributed by atoms with E-state index in [-0.39, 0.29) is 5.54 Å². The van der Waals surface area contributed by atoms with Crippen LogP contribution in [-0.2, 0) is 0 Å². The van der Waals surface area contributed by atoms with E-state index < -0.39 is 0 Å². The number of rotatable bonds is 5. The first-order chi connectivity index (χ1) is 11.1.